The lowest BCUT2D eigenvalue weighted by molar-refractivity contribution is 0.0929. The van der Waals surface area contributed by atoms with Gasteiger partial charge in [-0.3, -0.25) is 4.90 Å². The summed E-state index contributed by atoms with van der Waals surface area (Å²) < 4.78 is 2.32. The lowest BCUT2D eigenvalue weighted by atomic mass is 9.95. The van der Waals surface area contributed by atoms with Crippen molar-refractivity contribution in [2.75, 3.05) is 13.1 Å². The molecule has 0 radical (unpaired) electrons. The smallest absolute Gasteiger partial charge is 0.0843 e. The minimum absolute atomic E-state index is 0.379. The van der Waals surface area contributed by atoms with E-state index in [0.29, 0.717) is 18.6 Å². The zero-order valence-corrected chi connectivity index (χ0v) is 15.4. The number of piperidine rings is 1. The van der Waals surface area contributed by atoms with E-state index in [1.54, 1.807) is 0 Å². The number of likely N-dealkylation sites (tertiary alicyclic amines) is 1. The number of rotatable bonds is 5. The predicted molar refractivity (Wildman–Crippen MR) is 90.8 cm³/mol. The van der Waals surface area contributed by atoms with Crippen LogP contribution >= 0.6 is 43.2 Å². The van der Waals surface area contributed by atoms with E-state index in [0.717, 1.165) is 4.47 Å². The van der Waals surface area contributed by atoms with Gasteiger partial charge in [0.25, 0.3) is 0 Å². The van der Waals surface area contributed by atoms with Gasteiger partial charge in [0.1, 0.15) is 0 Å². The summed E-state index contributed by atoms with van der Waals surface area (Å²) in [6.45, 7) is 4.18. The Morgan fingerprint density at radius 1 is 1.47 bits per heavy atom. The van der Waals surface area contributed by atoms with Gasteiger partial charge < -0.3 is 5.73 Å². The number of nitrogens with two attached hydrogens (primary N) is 1. The standard InChI is InChI=1S/C14H22Br2N2S/c1-2-5-10-6-3-4-7-18(10)12(9-17)13-8-11(15)14(16)19-13/h8,10,12H,2-7,9,17H2,1H3. The molecule has 1 saturated heterocycles. The first kappa shape index (κ1) is 16.0. The van der Waals surface area contributed by atoms with Crippen LogP contribution in [0, 0.1) is 0 Å². The summed E-state index contributed by atoms with van der Waals surface area (Å²) in [5.41, 5.74) is 6.09. The minimum atomic E-state index is 0.379. The van der Waals surface area contributed by atoms with Gasteiger partial charge >= 0.3 is 0 Å². The van der Waals surface area contributed by atoms with Crippen molar-refractivity contribution in [1.29, 1.82) is 0 Å². The maximum absolute atomic E-state index is 6.09. The van der Waals surface area contributed by atoms with Crippen LogP contribution in [0.2, 0.25) is 0 Å². The van der Waals surface area contributed by atoms with E-state index < -0.39 is 0 Å². The largest absolute Gasteiger partial charge is 0.329 e. The molecule has 2 unspecified atom stereocenters. The average molecular weight is 410 g/mol. The first-order chi connectivity index (χ1) is 9.17. The van der Waals surface area contributed by atoms with Gasteiger partial charge in [-0.15, -0.1) is 11.3 Å². The molecule has 2 N–H and O–H groups in total. The topological polar surface area (TPSA) is 29.3 Å². The molecule has 0 spiro atoms. The van der Waals surface area contributed by atoms with Gasteiger partial charge in [-0.1, -0.05) is 19.8 Å². The van der Waals surface area contributed by atoms with Crippen molar-refractivity contribution in [1.82, 2.24) is 4.90 Å². The highest BCUT2D eigenvalue weighted by atomic mass is 79.9. The molecule has 0 aromatic carbocycles. The van der Waals surface area contributed by atoms with Crippen LogP contribution < -0.4 is 5.73 Å². The second-order valence-corrected chi connectivity index (χ2v) is 8.45. The molecule has 2 heterocycles. The summed E-state index contributed by atoms with van der Waals surface area (Å²) in [4.78, 5) is 4.03. The van der Waals surface area contributed by atoms with Crippen molar-refractivity contribution in [3.8, 4) is 0 Å². The molecular formula is C14H22Br2N2S. The molecule has 0 bridgehead atoms. The Hall–Kier alpha value is 0.580. The summed E-state index contributed by atoms with van der Waals surface area (Å²) in [6.07, 6.45) is 6.57. The van der Waals surface area contributed by atoms with E-state index in [9.17, 15) is 0 Å². The van der Waals surface area contributed by atoms with Gasteiger partial charge in [-0.2, -0.15) is 0 Å². The quantitative estimate of drug-likeness (QED) is 0.746. The van der Waals surface area contributed by atoms with Crippen molar-refractivity contribution in [3.05, 3.63) is 19.2 Å². The zero-order valence-electron chi connectivity index (χ0n) is 11.4. The van der Waals surface area contributed by atoms with Crippen LogP contribution in [0.4, 0.5) is 0 Å². The molecule has 5 heteroatoms. The molecule has 108 valence electrons. The van der Waals surface area contributed by atoms with Gasteiger partial charge in [-0.25, -0.2) is 0 Å². The van der Waals surface area contributed by atoms with Gasteiger partial charge in [0.2, 0.25) is 0 Å². The maximum Gasteiger partial charge on any atom is 0.0843 e. The first-order valence-electron chi connectivity index (χ1n) is 7.07. The first-order valence-corrected chi connectivity index (χ1v) is 9.48. The summed E-state index contributed by atoms with van der Waals surface area (Å²) in [5, 5.41) is 0. The number of halogens is 2. The van der Waals surface area contributed by atoms with E-state index >= 15 is 0 Å². The van der Waals surface area contributed by atoms with Crippen molar-refractivity contribution < 1.29 is 0 Å². The molecule has 2 nitrogen and oxygen atoms in total. The molecule has 1 aliphatic rings. The highest BCUT2D eigenvalue weighted by Crippen LogP contribution is 2.39. The molecule has 1 aliphatic heterocycles. The van der Waals surface area contributed by atoms with Crippen LogP contribution in [0.1, 0.15) is 49.9 Å². The van der Waals surface area contributed by atoms with E-state index in [-0.39, 0.29) is 0 Å². The van der Waals surface area contributed by atoms with Crippen molar-refractivity contribution in [3.63, 3.8) is 0 Å². The molecule has 0 amide bonds. The summed E-state index contributed by atoms with van der Waals surface area (Å²) in [7, 11) is 0. The fourth-order valence-electron chi connectivity index (χ4n) is 3.02. The lowest BCUT2D eigenvalue weighted by Crippen LogP contribution is -2.44. The van der Waals surface area contributed by atoms with Crippen LogP contribution in [-0.2, 0) is 0 Å². The number of thiophene rings is 1. The summed E-state index contributed by atoms with van der Waals surface area (Å²) in [6, 6.07) is 3.32. The molecule has 2 rings (SSSR count). The van der Waals surface area contributed by atoms with Gasteiger partial charge in [0, 0.05) is 21.9 Å². The average Bonchev–Trinajstić information content (AvgIpc) is 2.73. The van der Waals surface area contributed by atoms with Crippen LogP contribution in [0.15, 0.2) is 14.3 Å². The Morgan fingerprint density at radius 3 is 2.84 bits per heavy atom. The molecule has 1 aromatic rings. The Kier molecular flexibility index (Phi) is 6.34. The van der Waals surface area contributed by atoms with E-state index in [1.165, 1.54) is 47.3 Å². The number of nitrogens with zero attached hydrogens (tertiary/aromatic N) is 1. The second kappa shape index (κ2) is 7.55. The Morgan fingerprint density at radius 2 is 2.26 bits per heavy atom. The molecule has 0 aliphatic carbocycles. The summed E-state index contributed by atoms with van der Waals surface area (Å²) in [5.74, 6) is 0. The SMILES string of the molecule is CCCC1CCCCN1C(CN)c1cc(Br)c(Br)s1. The van der Waals surface area contributed by atoms with Crippen LogP contribution in [0.25, 0.3) is 0 Å². The third-order valence-electron chi connectivity index (χ3n) is 3.91. The predicted octanol–water partition coefficient (Wildman–Crippen LogP) is 4.93. The van der Waals surface area contributed by atoms with Crippen molar-refractivity contribution in [2.24, 2.45) is 5.73 Å². The normalized spacial score (nSPS) is 22.6. The van der Waals surface area contributed by atoms with E-state index in [4.69, 9.17) is 5.73 Å². The molecule has 1 aromatic heterocycles. The monoisotopic (exact) mass is 408 g/mol. The van der Waals surface area contributed by atoms with Gasteiger partial charge in [0.05, 0.1) is 9.83 Å². The molecule has 0 saturated carbocycles. The van der Waals surface area contributed by atoms with Crippen LogP contribution in [0.5, 0.6) is 0 Å². The Bertz CT molecular complexity index is 387. The zero-order chi connectivity index (χ0) is 13.8. The number of hydrogen-bond acceptors (Lipinski definition) is 3. The molecular weight excluding hydrogens is 388 g/mol. The minimum Gasteiger partial charge on any atom is -0.329 e. The third-order valence-corrected chi connectivity index (χ3v) is 7.27. The van der Waals surface area contributed by atoms with Crippen molar-refractivity contribution in [2.45, 2.75) is 51.1 Å². The second-order valence-electron chi connectivity index (χ2n) is 5.20. The molecule has 19 heavy (non-hydrogen) atoms. The van der Waals surface area contributed by atoms with E-state index in [2.05, 4.69) is 49.7 Å². The van der Waals surface area contributed by atoms with Crippen LogP contribution in [-0.4, -0.2) is 24.0 Å². The third kappa shape index (κ3) is 3.82. The van der Waals surface area contributed by atoms with Gasteiger partial charge in [0.15, 0.2) is 0 Å². The molecule has 1 fully saturated rings. The maximum atomic E-state index is 6.09. The highest BCUT2D eigenvalue weighted by molar-refractivity contribution is 9.13. The van der Waals surface area contributed by atoms with Gasteiger partial charge in [-0.05, 0) is 63.7 Å². The number of hydrogen-bond donors (Lipinski definition) is 1. The summed E-state index contributed by atoms with van der Waals surface area (Å²) >= 11 is 8.99. The van der Waals surface area contributed by atoms with Crippen LogP contribution in [0.3, 0.4) is 0 Å². The Labute approximate surface area is 137 Å². The fraction of sp³-hybridized carbons (Fsp3) is 0.714. The lowest BCUT2D eigenvalue weighted by Gasteiger charge is -2.40. The highest BCUT2D eigenvalue weighted by Gasteiger charge is 2.29. The fourth-order valence-corrected chi connectivity index (χ4v) is 5.24. The Balaban J connectivity index is 2.18. The van der Waals surface area contributed by atoms with Crippen molar-refractivity contribution >= 4 is 43.2 Å². The van der Waals surface area contributed by atoms with E-state index in [1.807, 2.05) is 11.3 Å². The molecule has 2 atom stereocenters.